The van der Waals surface area contributed by atoms with Gasteiger partial charge in [-0.1, -0.05) is 11.6 Å². The molecule has 0 unspecified atom stereocenters. The van der Waals surface area contributed by atoms with Gasteiger partial charge in [0.2, 0.25) is 5.78 Å². The molecule has 0 fully saturated rings. The lowest BCUT2D eigenvalue weighted by atomic mass is 10.1. The topological polar surface area (TPSA) is 30.0 Å². The molecule has 0 bridgehead atoms. The van der Waals surface area contributed by atoms with Gasteiger partial charge in [0.25, 0.3) is 6.43 Å². The molecule has 1 aromatic rings. The molecule has 0 N–H and O–H groups in total. The van der Waals surface area contributed by atoms with Gasteiger partial charge in [0.15, 0.2) is 0 Å². The molecule has 76 valence electrons. The van der Waals surface area contributed by atoms with Crippen molar-refractivity contribution in [3.8, 4) is 0 Å². The van der Waals surface area contributed by atoms with Gasteiger partial charge < -0.3 is 0 Å². The average Bonchev–Trinajstić information content (AvgIpc) is 2.11. The largest absolute Gasteiger partial charge is 0.296 e. The number of alkyl halides is 2. The molecule has 0 aliphatic carbocycles. The minimum atomic E-state index is -2.95. The zero-order valence-electron chi connectivity index (χ0n) is 6.81. The SMILES string of the molecule is O=C(Cc1cc(Cl)ncc1Br)C(F)F. The summed E-state index contributed by atoms with van der Waals surface area (Å²) in [7, 11) is 0. The number of pyridine rings is 1. The van der Waals surface area contributed by atoms with Crippen molar-refractivity contribution in [1.82, 2.24) is 4.98 Å². The van der Waals surface area contributed by atoms with Crippen molar-refractivity contribution in [3.05, 3.63) is 27.5 Å². The molecule has 0 aliphatic rings. The van der Waals surface area contributed by atoms with Crippen LogP contribution in [-0.2, 0) is 11.2 Å². The fourth-order valence-electron chi connectivity index (χ4n) is 0.852. The Morgan fingerprint density at radius 1 is 1.64 bits per heavy atom. The van der Waals surface area contributed by atoms with Crippen molar-refractivity contribution in [1.29, 1.82) is 0 Å². The summed E-state index contributed by atoms with van der Waals surface area (Å²) >= 11 is 8.64. The van der Waals surface area contributed by atoms with Gasteiger partial charge in [-0.25, -0.2) is 13.8 Å². The Bertz CT molecular complexity index is 359. The molecule has 0 saturated heterocycles. The zero-order valence-corrected chi connectivity index (χ0v) is 9.15. The molecule has 1 aromatic heterocycles. The number of Topliss-reactive ketones (excluding diaryl/α,β-unsaturated/α-hetero) is 1. The first-order valence-corrected chi connectivity index (χ1v) is 4.78. The number of hydrogen-bond donors (Lipinski definition) is 0. The van der Waals surface area contributed by atoms with E-state index in [2.05, 4.69) is 20.9 Å². The van der Waals surface area contributed by atoms with E-state index in [-0.39, 0.29) is 11.6 Å². The van der Waals surface area contributed by atoms with Gasteiger partial charge >= 0.3 is 0 Å². The second-order valence-electron chi connectivity index (χ2n) is 2.54. The summed E-state index contributed by atoms with van der Waals surface area (Å²) < 4.78 is 24.4. The van der Waals surface area contributed by atoms with Gasteiger partial charge in [-0.15, -0.1) is 0 Å². The van der Waals surface area contributed by atoms with Crippen LogP contribution in [-0.4, -0.2) is 17.2 Å². The fraction of sp³-hybridized carbons (Fsp3) is 0.250. The minimum absolute atomic E-state index is 0.172. The van der Waals surface area contributed by atoms with Crippen molar-refractivity contribution < 1.29 is 13.6 Å². The van der Waals surface area contributed by atoms with Gasteiger partial charge in [0, 0.05) is 17.1 Å². The quantitative estimate of drug-likeness (QED) is 0.799. The molecule has 0 aliphatic heterocycles. The monoisotopic (exact) mass is 283 g/mol. The van der Waals surface area contributed by atoms with E-state index in [1.807, 2.05) is 0 Å². The Balaban J connectivity index is 2.86. The third kappa shape index (κ3) is 2.99. The Hall–Kier alpha value is -0.550. The van der Waals surface area contributed by atoms with Gasteiger partial charge in [0.1, 0.15) is 5.15 Å². The maximum absolute atomic E-state index is 11.9. The van der Waals surface area contributed by atoms with E-state index in [9.17, 15) is 13.6 Å². The standard InChI is InChI=1S/C8H5BrClF2NO/c9-5-3-13-7(10)2-4(5)1-6(14)8(11)12/h2-3,8H,1H2. The average molecular weight is 284 g/mol. The number of nitrogens with zero attached hydrogens (tertiary/aromatic N) is 1. The summed E-state index contributed by atoms with van der Waals surface area (Å²) in [5, 5.41) is 0.172. The highest BCUT2D eigenvalue weighted by atomic mass is 79.9. The Kier molecular flexibility index (Phi) is 3.95. The lowest BCUT2D eigenvalue weighted by molar-refractivity contribution is -0.128. The highest BCUT2D eigenvalue weighted by Crippen LogP contribution is 2.20. The van der Waals surface area contributed by atoms with Crippen LogP contribution in [0.3, 0.4) is 0 Å². The number of halogens is 4. The third-order valence-electron chi connectivity index (χ3n) is 1.51. The van der Waals surface area contributed by atoms with Gasteiger partial charge in [-0.05, 0) is 27.6 Å². The first-order valence-electron chi connectivity index (χ1n) is 3.61. The number of ketones is 1. The van der Waals surface area contributed by atoms with Gasteiger partial charge in [-0.2, -0.15) is 0 Å². The number of hydrogen-bond acceptors (Lipinski definition) is 2. The van der Waals surface area contributed by atoms with Crippen molar-refractivity contribution in [2.45, 2.75) is 12.8 Å². The second kappa shape index (κ2) is 4.79. The number of carbonyl (C=O) groups excluding carboxylic acids is 1. The summed E-state index contributed by atoms with van der Waals surface area (Å²) in [6.07, 6.45) is -1.93. The Morgan fingerprint density at radius 2 is 2.29 bits per heavy atom. The second-order valence-corrected chi connectivity index (χ2v) is 3.78. The molecule has 1 rings (SSSR count). The molecule has 0 amide bonds. The predicted molar refractivity (Wildman–Crippen MR) is 51.7 cm³/mol. The van der Waals surface area contributed by atoms with E-state index in [1.54, 1.807) is 0 Å². The summed E-state index contributed by atoms with van der Waals surface area (Å²) in [4.78, 5) is 14.5. The lowest BCUT2D eigenvalue weighted by Crippen LogP contribution is -2.13. The number of aromatic nitrogens is 1. The highest BCUT2D eigenvalue weighted by Gasteiger charge is 2.17. The molecular formula is C8H5BrClF2NO. The van der Waals surface area contributed by atoms with Crippen molar-refractivity contribution in [3.63, 3.8) is 0 Å². The first kappa shape index (κ1) is 11.5. The zero-order chi connectivity index (χ0) is 10.7. The summed E-state index contributed by atoms with van der Waals surface area (Å²) in [5.41, 5.74) is 0.412. The maximum Gasteiger partial charge on any atom is 0.296 e. The van der Waals surface area contributed by atoms with E-state index in [4.69, 9.17) is 11.6 Å². The fourth-order valence-corrected chi connectivity index (χ4v) is 1.39. The van der Waals surface area contributed by atoms with Crippen LogP contribution in [0.2, 0.25) is 5.15 Å². The molecule has 14 heavy (non-hydrogen) atoms. The highest BCUT2D eigenvalue weighted by molar-refractivity contribution is 9.10. The Morgan fingerprint density at radius 3 is 2.86 bits per heavy atom. The molecule has 6 heteroatoms. The predicted octanol–water partition coefficient (Wildman–Crippen LogP) is 2.87. The molecule has 0 spiro atoms. The van der Waals surface area contributed by atoms with E-state index >= 15 is 0 Å². The number of rotatable bonds is 3. The van der Waals surface area contributed by atoms with Crippen LogP contribution in [0.1, 0.15) is 5.56 Å². The van der Waals surface area contributed by atoms with Crippen LogP contribution in [0, 0.1) is 0 Å². The number of carbonyl (C=O) groups is 1. The smallest absolute Gasteiger partial charge is 0.293 e. The Labute approximate surface area is 92.4 Å². The van der Waals surface area contributed by atoms with E-state index < -0.39 is 12.2 Å². The molecule has 0 radical (unpaired) electrons. The van der Waals surface area contributed by atoms with Crippen molar-refractivity contribution in [2.75, 3.05) is 0 Å². The van der Waals surface area contributed by atoms with Crippen LogP contribution in [0.25, 0.3) is 0 Å². The van der Waals surface area contributed by atoms with E-state index in [0.29, 0.717) is 10.0 Å². The molecule has 0 atom stereocenters. The maximum atomic E-state index is 11.9. The van der Waals surface area contributed by atoms with E-state index in [0.717, 1.165) is 0 Å². The minimum Gasteiger partial charge on any atom is -0.293 e. The van der Waals surface area contributed by atoms with Crippen molar-refractivity contribution >= 4 is 33.3 Å². The molecular weight excluding hydrogens is 279 g/mol. The summed E-state index contributed by atoms with van der Waals surface area (Å²) in [6, 6.07) is 1.38. The molecule has 2 nitrogen and oxygen atoms in total. The van der Waals surface area contributed by atoms with E-state index in [1.165, 1.54) is 12.3 Å². The van der Waals surface area contributed by atoms with Crippen LogP contribution in [0.15, 0.2) is 16.7 Å². The van der Waals surface area contributed by atoms with Crippen LogP contribution >= 0.6 is 27.5 Å². The first-order chi connectivity index (χ1) is 6.50. The lowest BCUT2D eigenvalue weighted by Gasteiger charge is -2.03. The molecule has 0 aromatic carbocycles. The van der Waals surface area contributed by atoms with Crippen molar-refractivity contribution in [2.24, 2.45) is 0 Å². The van der Waals surface area contributed by atoms with Gasteiger partial charge in [-0.3, -0.25) is 4.79 Å². The van der Waals surface area contributed by atoms with Gasteiger partial charge in [0.05, 0.1) is 0 Å². The normalized spacial score (nSPS) is 10.6. The van der Waals surface area contributed by atoms with Crippen LogP contribution in [0.4, 0.5) is 8.78 Å². The van der Waals surface area contributed by atoms with Crippen LogP contribution in [0.5, 0.6) is 0 Å². The third-order valence-corrected chi connectivity index (χ3v) is 2.43. The van der Waals surface area contributed by atoms with Crippen LogP contribution < -0.4 is 0 Å². The summed E-state index contributed by atoms with van der Waals surface area (Å²) in [6.45, 7) is 0. The molecule has 1 heterocycles. The summed E-state index contributed by atoms with van der Waals surface area (Å²) in [5.74, 6) is -1.13. The molecule has 0 saturated carbocycles.